The van der Waals surface area contributed by atoms with E-state index < -0.39 is 0 Å². The fraction of sp³-hybridized carbons (Fsp3) is 0.106. The Morgan fingerprint density at radius 1 is 0.500 bits per heavy atom. The molecule has 10 rings (SSSR count). The van der Waals surface area contributed by atoms with E-state index in [4.69, 9.17) is 0 Å². The number of rotatable bonds is 3. The lowest BCUT2D eigenvalue weighted by molar-refractivity contribution is 0.609. The lowest BCUT2D eigenvalue weighted by Crippen LogP contribution is -2.18. The first kappa shape index (κ1) is 27.8. The molecule has 0 nitrogen and oxygen atoms in total. The van der Waals surface area contributed by atoms with E-state index in [9.17, 15) is 0 Å². The van der Waals surface area contributed by atoms with Crippen LogP contribution in [-0.2, 0) is 5.41 Å². The Kier molecular flexibility index (Phi) is 6.02. The minimum absolute atomic E-state index is 0.0609. The SMILES string of the molecule is CC1(C)C2=C(C=C(c3c4ccccc4c(-c4cccc5c4sc4ccccc45)c4ccc(-c5ccccc5)cc34)CC2)c2ccccc21. The number of hydrogen-bond donors (Lipinski definition) is 0. The molecule has 0 radical (unpaired) electrons. The van der Waals surface area contributed by atoms with Gasteiger partial charge < -0.3 is 0 Å². The standard InChI is InChI=1S/C47H34S/c1-47(2)41-21-10-8-15-32(41)39-28-31(24-26-42(39)47)44-34-17-6-7-18-35(34)45(36-25-23-30(27-40(36)44)29-13-4-3-5-14-29)38-20-12-19-37-33-16-9-11-22-43(33)48-46(37)38/h3-23,25,27-28H,24,26H2,1-2H3. The summed E-state index contributed by atoms with van der Waals surface area (Å²) in [5, 5.41) is 8.00. The highest BCUT2D eigenvalue weighted by atomic mass is 32.1. The number of benzene rings is 7. The highest BCUT2D eigenvalue weighted by molar-refractivity contribution is 7.26. The monoisotopic (exact) mass is 630 g/mol. The predicted octanol–water partition coefficient (Wildman–Crippen LogP) is 13.6. The third-order valence-electron chi connectivity index (χ3n) is 11.1. The van der Waals surface area contributed by atoms with Gasteiger partial charge in [-0.25, -0.2) is 0 Å². The van der Waals surface area contributed by atoms with E-state index in [1.54, 1.807) is 5.57 Å². The van der Waals surface area contributed by atoms with E-state index in [1.165, 1.54) is 91.8 Å². The van der Waals surface area contributed by atoms with Gasteiger partial charge in [0.25, 0.3) is 0 Å². The van der Waals surface area contributed by atoms with Crippen LogP contribution in [0.15, 0.2) is 151 Å². The summed E-state index contributed by atoms with van der Waals surface area (Å²) in [6.07, 6.45) is 4.67. The quantitative estimate of drug-likeness (QED) is 0.170. The van der Waals surface area contributed by atoms with Crippen molar-refractivity contribution in [2.24, 2.45) is 0 Å². The molecule has 0 saturated carbocycles. The van der Waals surface area contributed by atoms with Crippen molar-refractivity contribution in [3.05, 3.63) is 168 Å². The Hall–Kier alpha value is -5.24. The number of fused-ring (bicyclic) bond motifs is 7. The summed E-state index contributed by atoms with van der Waals surface area (Å²) < 4.78 is 2.70. The molecule has 1 aromatic heterocycles. The topological polar surface area (TPSA) is 0 Å². The fourth-order valence-electron chi connectivity index (χ4n) is 8.81. The van der Waals surface area contributed by atoms with Crippen LogP contribution in [0.1, 0.15) is 43.4 Å². The van der Waals surface area contributed by atoms with Crippen molar-refractivity contribution >= 4 is 64.2 Å². The summed E-state index contributed by atoms with van der Waals surface area (Å²) in [6, 6.07) is 52.0. The maximum absolute atomic E-state index is 2.55. The van der Waals surface area contributed by atoms with E-state index >= 15 is 0 Å². The molecule has 0 spiro atoms. The highest BCUT2D eigenvalue weighted by Gasteiger charge is 2.38. The minimum Gasteiger partial charge on any atom is -0.135 e. The number of hydrogen-bond acceptors (Lipinski definition) is 1. The molecule has 0 unspecified atom stereocenters. The predicted molar refractivity (Wildman–Crippen MR) is 209 cm³/mol. The third-order valence-corrected chi connectivity index (χ3v) is 12.3. The largest absolute Gasteiger partial charge is 0.135 e. The van der Waals surface area contributed by atoms with Crippen LogP contribution in [0.5, 0.6) is 0 Å². The van der Waals surface area contributed by atoms with Crippen molar-refractivity contribution in [3.8, 4) is 22.3 Å². The van der Waals surface area contributed by atoms with Crippen LogP contribution in [0.2, 0.25) is 0 Å². The molecule has 7 aromatic carbocycles. The van der Waals surface area contributed by atoms with Crippen LogP contribution >= 0.6 is 11.3 Å². The second kappa shape index (κ2) is 10.4. The summed E-state index contributed by atoms with van der Waals surface area (Å²) in [7, 11) is 0. The molecule has 1 heteroatoms. The molecule has 228 valence electrons. The minimum atomic E-state index is 0.0609. The van der Waals surface area contributed by atoms with Crippen molar-refractivity contribution in [1.29, 1.82) is 0 Å². The zero-order valence-electron chi connectivity index (χ0n) is 27.2. The van der Waals surface area contributed by atoms with Crippen molar-refractivity contribution in [2.75, 3.05) is 0 Å². The zero-order valence-corrected chi connectivity index (χ0v) is 28.0. The number of allylic oxidation sites excluding steroid dienone is 4. The molecule has 48 heavy (non-hydrogen) atoms. The van der Waals surface area contributed by atoms with Gasteiger partial charge in [0.15, 0.2) is 0 Å². The average Bonchev–Trinajstić information content (AvgIpc) is 3.63. The molecular formula is C47H34S. The lowest BCUT2D eigenvalue weighted by Gasteiger charge is -2.28. The maximum atomic E-state index is 2.55. The second-order valence-corrected chi connectivity index (χ2v) is 15.0. The summed E-state index contributed by atoms with van der Waals surface area (Å²) in [4.78, 5) is 0. The Bertz CT molecular complexity index is 2680. The fourth-order valence-corrected chi connectivity index (χ4v) is 10.0. The zero-order chi connectivity index (χ0) is 32.0. The number of thiophene rings is 1. The molecule has 0 fully saturated rings. The Labute approximate surface area is 285 Å². The van der Waals surface area contributed by atoms with E-state index in [2.05, 4.69) is 159 Å². The Morgan fingerprint density at radius 2 is 1.17 bits per heavy atom. The second-order valence-electron chi connectivity index (χ2n) is 13.9. The summed E-state index contributed by atoms with van der Waals surface area (Å²) in [5.74, 6) is 0. The average molecular weight is 631 g/mol. The Morgan fingerprint density at radius 3 is 2.02 bits per heavy atom. The van der Waals surface area contributed by atoms with Gasteiger partial charge in [0.1, 0.15) is 0 Å². The molecular weight excluding hydrogens is 597 g/mol. The molecule has 0 amide bonds. The normalized spacial score (nSPS) is 15.3. The van der Waals surface area contributed by atoms with Crippen molar-refractivity contribution in [1.82, 2.24) is 0 Å². The molecule has 0 N–H and O–H groups in total. The molecule has 0 atom stereocenters. The van der Waals surface area contributed by atoms with Gasteiger partial charge in [0.05, 0.1) is 0 Å². The summed E-state index contributed by atoms with van der Waals surface area (Å²) in [5.41, 5.74) is 13.9. The molecule has 0 bridgehead atoms. The van der Waals surface area contributed by atoms with Crippen molar-refractivity contribution in [3.63, 3.8) is 0 Å². The van der Waals surface area contributed by atoms with Crippen LogP contribution in [0.3, 0.4) is 0 Å². The van der Waals surface area contributed by atoms with Gasteiger partial charge in [-0.1, -0.05) is 153 Å². The van der Waals surface area contributed by atoms with E-state index in [-0.39, 0.29) is 5.41 Å². The van der Waals surface area contributed by atoms with Gasteiger partial charge in [-0.2, -0.15) is 0 Å². The third kappa shape index (κ3) is 3.95. The van der Waals surface area contributed by atoms with Crippen LogP contribution in [-0.4, -0.2) is 0 Å². The van der Waals surface area contributed by atoms with Crippen LogP contribution < -0.4 is 0 Å². The first-order chi connectivity index (χ1) is 23.6. The highest BCUT2D eigenvalue weighted by Crippen LogP contribution is 2.54. The van der Waals surface area contributed by atoms with E-state index in [0.29, 0.717) is 0 Å². The van der Waals surface area contributed by atoms with Gasteiger partial charge in [-0.3, -0.25) is 0 Å². The maximum Gasteiger partial charge on any atom is 0.0434 e. The van der Waals surface area contributed by atoms with Gasteiger partial charge >= 0.3 is 0 Å². The first-order valence-corrected chi connectivity index (χ1v) is 17.9. The van der Waals surface area contributed by atoms with Crippen LogP contribution in [0.4, 0.5) is 0 Å². The van der Waals surface area contributed by atoms with Gasteiger partial charge in [0, 0.05) is 31.2 Å². The molecule has 1 heterocycles. The Balaban J connectivity index is 1.32. The van der Waals surface area contributed by atoms with Gasteiger partial charge in [-0.05, 0) is 91.0 Å². The van der Waals surface area contributed by atoms with Crippen molar-refractivity contribution in [2.45, 2.75) is 32.1 Å². The smallest absolute Gasteiger partial charge is 0.0434 e. The van der Waals surface area contributed by atoms with Crippen LogP contribution in [0, 0.1) is 0 Å². The molecule has 2 aliphatic carbocycles. The summed E-state index contributed by atoms with van der Waals surface area (Å²) in [6.45, 7) is 4.82. The first-order valence-electron chi connectivity index (χ1n) is 17.1. The van der Waals surface area contributed by atoms with E-state index in [0.717, 1.165) is 12.8 Å². The summed E-state index contributed by atoms with van der Waals surface area (Å²) >= 11 is 1.92. The molecule has 0 saturated heterocycles. The van der Waals surface area contributed by atoms with E-state index in [1.807, 2.05) is 11.3 Å². The van der Waals surface area contributed by atoms with Crippen molar-refractivity contribution < 1.29 is 0 Å². The molecule has 0 aliphatic heterocycles. The molecule has 8 aromatic rings. The lowest BCUT2D eigenvalue weighted by atomic mass is 9.76. The van der Waals surface area contributed by atoms with Crippen LogP contribution in [0.25, 0.3) is 75.1 Å². The van der Waals surface area contributed by atoms with Gasteiger partial charge in [-0.15, -0.1) is 11.3 Å². The van der Waals surface area contributed by atoms with Gasteiger partial charge in [0.2, 0.25) is 0 Å². The molecule has 2 aliphatic rings.